The van der Waals surface area contributed by atoms with Gasteiger partial charge in [0.2, 0.25) is 0 Å². The monoisotopic (exact) mass is 455 g/mol. The van der Waals surface area contributed by atoms with Gasteiger partial charge in [-0.2, -0.15) is 10.4 Å². The van der Waals surface area contributed by atoms with Crippen molar-refractivity contribution in [2.45, 2.75) is 19.4 Å². The predicted molar refractivity (Wildman–Crippen MR) is 127 cm³/mol. The van der Waals surface area contributed by atoms with Crippen LogP contribution >= 0.6 is 0 Å². The van der Waals surface area contributed by atoms with Crippen molar-refractivity contribution < 1.29 is 9.47 Å². The fraction of sp³-hybridized carbons (Fsp3) is 0.360. The minimum absolute atomic E-state index is 0.296. The number of hydrogen-bond donors (Lipinski definition) is 0. The van der Waals surface area contributed by atoms with Crippen LogP contribution in [0.1, 0.15) is 12.8 Å². The molecule has 34 heavy (non-hydrogen) atoms. The smallest absolute Gasteiger partial charge is 0.164 e. The third kappa shape index (κ3) is 3.66. The number of nitrogens with zero attached hydrogens (tertiary/aromatic N) is 7. The Bertz CT molecular complexity index is 1390. The van der Waals surface area contributed by atoms with Gasteiger partial charge in [0.05, 0.1) is 49.5 Å². The number of pyridine rings is 1. The molecule has 1 aromatic carbocycles. The molecule has 0 N–H and O–H groups in total. The Hall–Kier alpha value is -3.90. The summed E-state index contributed by atoms with van der Waals surface area (Å²) >= 11 is 0. The minimum atomic E-state index is -0.296. The van der Waals surface area contributed by atoms with E-state index in [-0.39, 0.29) is 5.41 Å². The van der Waals surface area contributed by atoms with Crippen LogP contribution in [0, 0.1) is 16.7 Å². The summed E-state index contributed by atoms with van der Waals surface area (Å²) in [6.45, 7) is 3.55. The van der Waals surface area contributed by atoms with Crippen LogP contribution in [-0.4, -0.2) is 57.7 Å². The molecule has 9 nitrogen and oxygen atoms in total. The zero-order valence-electron chi connectivity index (χ0n) is 19.0. The van der Waals surface area contributed by atoms with Crippen molar-refractivity contribution in [3.63, 3.8) is 0 Å². The van der Waals surface area contributed by atoms with Gasteiger partial charge in [0.1, 0.15) is 11.3 Å². The Morgan fingerprint density at radius 2 is 2.03 bits per heavy atom. The molecule has 0 spiro atoms. The SMILES string of the molecule is COc1cccc(-c2ccn(-c3cc(N4CCOCC4)c4ncn(CC5(C#N)CC5)c4n3)n2)c1. The van der Waals surface area contributed by atoms with E-state index in [1.54, 1.807) is 11.8 Å². The summed E-state index contributed by atoms with van der Waals surface area (Å²) in [4.78, 5) is 12.0. The first-order chi connectivity index (χ1) is 16.7. The molecule has 6 rings (SSSR count). The van der Waals surface area contributed by atoms with Gasteiger partial charge in [-0.3, -0.25) is 0 Å². The van der Waals surface area contributed by atoms with E-state index in [4.69, 9.17) is 24.5 Å². The molecular formula is C25H25N7O2. The fourth-order valence-electron chi connectivity index (χ4n) is 4.45. The molecule has 3 aromatic heterocycles. The number of rotatable bonds is 6. The largest absolute Gasteiger partial charge is 0.497 e. The third-order valence-electron chi connectivity index (χ3n) is 6.64. The van der Waals surface area contributed by atoms with E-state index in [1.807, 2.05) is 53.5 Å². The predicted octanol–water partition coefficient (Wildman–Crippen LogP) is 3.43. The van der Waals surface area contributed by atoms with Crippen molar-refractivity contribution in [3.8, 4) is 28.9 Å². The van der Waals surface area contributed by atoms with Gasteiger partial charge in [-0.1, -0.05) is 12.1 Å². The highest BCUT2D eigenvalue weighted by molar-refractivity contribution is 5.87. The van der Waals surface area contributed by atoms with Gasteiger partial charge in [-0.05, 0) is 31.0 Å². The highest BCUT2D eigenvalue weighted by Crippen LogP contribution is 2.47. The van der Waals surface area contributed by atoms with Crippen LogP contribution in [0.5, 0.6) is 5.75 Å². The van der Waals surface area contributed by atoms with E-state index in [1.165, 1.54) is 0 Å². The first kappa shape index (κ1) is 20.7. The molecule has 0 bridgehead atoms. The van der Waals surface area contributed by atoms with E-state index in [9.17, 15) is 5.26 Å². The molecule has 9 heteroatoms. The lowest BCUT2D eigenvalue weighted by Crippen LogP contribution is -2.36. The summed E-state index contributed by atoms with van der Waals surface area (Å²) in [5, 5.41) is 14.4. The number of fused-ring (bicyclic) bond motifs is 1. The number of anilines is 1. The Kier molecular flexibility index (Phi) is 4.96. The van der Waals surface area contributed by atoms with Crippen molar-refractivity contribution in [2.24, 2.45) is 5.41 Å². The van der Waals surface area contributed by atoms with Gasteiger partial charge in [-0.25, -0.2) is 14.6 Å². The van der Waals surface area contributed by atoms with E-state index >= 15 is 0 Å². The topological polar surface area (TPSA) is 94.0 Å². The van der Waals surface area contributed by atoms with Gasteiger partial charge in [0.25, 0.3) is 0 Å². The Balaban J connectivity index is 1.44. The molecule has 1 saturated heterocycles. The van der Waals surface area contributed by atoms with Gasteiger partial charge in [0.15, 0.2) is 11.5 Å². The Labute approximate surface area is 197 Å². The number of nitriles is 1. The van der Waals surface area contributed by atoms with Gasteiger partial charge in [0, 0.05) is 37.5 Å². The lowest BCUT2D eigenvalue weighted by molar-refractivity contribution is 0.123. The number of aromatic nitrogens is 5. The molecule has 4 heterocycles. The van der Waals surface area contributed by atoms with Crippen molar-refractivity contribution in [1.29, 1.82) is 5.26 Å². The van der Waals surface area contributed by atoms with Crippen LogP contribution in [0.15, 0.2) is 48.9 Å². The second-order valence-electron chi connectivity index (χ2n) is 8.91. The highest BCUT2D eigenvalue weighted by atomic mass is 16.5. The molecule has 4 aromatic rings. The molecular weight excluding hydrogens is 430 g/mol. The van der Waals surface area contributed by atoms with Crippen LogP contribution in [0.2, 0.25) is 0 Å². The molecule has 2 aliphatic rings. The second kappa shape index (κ2) is 8.15. The van der Waals surface area contributed by atoms with E-state index in [2.05, 4.69) is 11.0 Å². The molecule has 172 valence electrons. The Morgan fingerprint density at radius 3 is 2.79 bits per heavy atom. The molecule has 2 fully saturated rings. The van der Waals surface area contributed by atoms with E-state index in [0.29, 0.717) is 25.6 Å². The number of ether oxygens (including phenoxy) is 2. The van der Waals surface area contributed by atoms with Gasteiger partial charge < -0.3 is 18.9 Å². The minimum Gasteiger partial charge on any atom is -0.497 e. The average Bonchev–Trinajstić information content (AvgIpc) is 3.29. The third-order valence-corrected chi connectivity index (χ3v) is 6.64. The van der Waals surface area contributed by atoms with Crippen LogP contribution in [0.3, 0.4) is 0 Å². The number of imidazole rings is 1. The highest BCUT2D eigenvalue weighted by Gasteiger charge is 2.44. The molecule has 0 unspecified atom stereocenters. The quantitative estimate of drug-likeness (QED) is 0.440. The summed E-state index contributed by atoms with van der Waals surface area (Å²) in [5.74, 6) is 1.50. The Morgan fingerprint density at radius 1 is 1.18 bits per heavy atom. The van der Waals surface area contributed by atoms with Crippen LogP contribution < -0.4 is 9.64 Å². The average molecular weight is 456 g/mol. The first-order valence-corrected chi connectivity index (χ1v) is 11.5. The van der Waals surface area contributed by atoms with Gasteiger partial charge in [-0.15, -0.1) is 0 Å². The zero-order valence-corrected chi connectivity index (χ0v) is 19.0. The second-order valence-corrected chi connectivity index (χ2v) is 8.91. The molecule has 0 amide bonds. The number of benzene rings is 1. The number of morpholine rings is 1. The maximum atomic E-state index is 9.62. The van der Waals surface area contributed by atoms with Crippen molar-refractivity contribution in [3.05, 3.63) is 48.9 Å². The summed E-state index contributed by atoms with van der Waals surface area (Å²) in [6.07, 6.45) is 5.57. The van der Waals surface area contributed by atoms with Gasteiger partial charge >= 0.3 is 0 Å². The maximum Gasteiger partial charge on any atom is 0.164 e. The first-order valence-electron chi connectivity index (χ1n) is 11.5. The lowest BCUT2D eigenvalue weighted by Gasteiger charge is -2.29. The standard InChI is InChI=1S/C25H25N7O2/c1-33-19-4-2-3-18(13-19)20-5-8-32(29-20)22-14-21(30-9-11-34-12-10-30)23-24(28-22)31(17-27-23)16-25(15-26)6-7-25/h2-5,8,13-14,17H,6-7,9-12,16H2,1H3. The maximum absolute atomic E-state index is 9.62. The van der Waals surface area contributed by atoms with E-state index < -0.39 is 0 Å². The summed E-state index contributed by atoms with van der Waals surface area (Å²) in [6, 6.07) is 14.3. The van der Waals surface area contributed by atoms with Crippen LogP contribution in [-0.2, 0) is 11.3 Å². The van der Waals surface area contributed by atoms with Crippen molar-refractivity contribution >= 4 is 16.9 Å². The molecule has 0 atom stereocenters. The normalized spacial score (nSPS) is 17.0. The van der Waals surface area contributed by atoms with Crippen LogP contribution in [0.25, 0.3) is 28.2 Å². The summed E-state index contributed by atoms with van der Waals surface area (Å²) in [7, 11) is 1.66. The van der Waals surface area contributed by atoms with Crippen molar-refractivity contribution in [1.82, 2.24) is 24.3 Å². The molecule has 1 aliphatic carbocycles. The summed E-state index contributed by atoms with van der Waals surface area (Å²) in [5.41, 5.74) is 4.15. The molecule has 0 radical (unpaired) electrons. The fourth-order valence-corrected chi connectivity index (χ4v) is 4.45. The molecule has 1 aliphatic heterocycles. The zero-order chi connectivity index (χ0) is 23.1. The van der Waals surface area contributed by atoms with Crippen molar-refractivity contribution in [2.75, 3.05) is 38.3 Å². The summed E-state index contributed by atoms with van der Waals surface area (Å²) < 4.78 is 14.7. The van der Waals surface area contributed by atoms with E-state index in [0.717, 1.165) is 59.8 Å². The lowest BCUT2D eigenvalue weighted by atomic mass is 10.1. The molecule has 1 saturated carbocycles. The number of hydrogen-bond acceptors (Lipinski definition) is 7. The number of methoxy groups -OCH3 is 1. The van der Waals surface area contributed by atoms with Crippen LogP contribution in [0.4, 0.5) is 5.69 Å².